The number of carbonyl (C=O) groups is 1. The van der Waals surface area contributed by atoms with Crippen molar-refractivity contribution in [2.24, 2.45) is 12.5 Å². The van der Waals surface area contributed by atoms with E-state index in [2.05, 4.69) is 27.1 Å². The third-order valence-corrected chi connectivity index (χ3v) is 4.52. The first-order valence-electron chi connectivity index (χ1n) is 5.63. The summed E-state index contributed by atoms with van der Waals surface area (Å²) in [5.41, 5.74) is 0.989. The highest BCUT2D eigenvalue weighted by Gasteiger charge is 2.43. The van der Waals surface area contributed by atoms with Crippen molar-refractivity contribution in [3.8, 4) is 6.07 Å². The average molecular weight is 296 g/mol. The second-order valence-corrected chi connectivity index (χ2v) is 5.41. The van der Waals surface area contributed by atoms with Gasteiger partial charge in [-0.2, -0.15) is 10.4 Å². The van der Waals surface area contributed by atoms with E-state index in [1.807, 2.05) is 14.0 Å². The van der Waals surface area contributed by atoms with Gasteiger partial charge in [0.05, 0.1) is 21.9 Å². The van der Waals surface area contributed by atoms with Gasteiger partial charge in [0, 0.05) is 19.9 Å². The van der Waals surface area contributed by atoms with Crippen LogP contribution in [0.4, 0.5) is 0 Å². The zero-order valence-corrected chi connectivity index (χ0v) is 11.5. The molecule has 0 spiro atoms. The van der Waals surface area contributed by atoms with Crippen molar-refractivity contribution in [2.75, 3.05) is 0 Å². The van der Waals surface area contributed by atoms with Crippen molar-refractivity contribution < 1.29 is 4.79 Å². The minimum atomic E-state index is -0.831. The Bertz CT molecular complexity index is 515. The zero-order chi connectivity index (χ0) is 12.6. The molecule has 0 bridgehead atoms. The number of halogens is 1. The van der Waals surface area contributed by atoms with E-state index < -0.39 is 5.41 Å². The monoisotopic (exact) mass is 295 g/mol. The molecule has 2 rings (SSSR count). The first kappa shape index (κ1) is 12.3. The Balaban J connectivity index is 2.38. The summed E-state index contributed by atoms with van der Waals surface area (Å²) >= 11 is 3.48. The smallest absolute Gasteiger partial charge is 0.153 e. The molecule has 17 heavy (non-hydrogen) atoms. The Morgan fingerprint density at radius 3 is 2.76 bits per heavy atom. The second kappa shape index (κ2) is 4.26. The summed E-state index contributed by atoms with van der Waals surface area (Å²) in [6.45, 7) is 1.91. The van der Waals surface area contributed by atoms with Gasteiger partial charge in [-0.15, -0.1) is 0 Å². The maximum atomic E-state index is 11.9. The number of carbonyl (C=O) groups excluding carboxylic acids is 1. The van der Waals surface area contributed by atoms with Crippen LogP contribution in [0.3, 0.4) is 0 Å². The number of Topliss-reactive ketones (excluding diaryl/α,β-unsaturated/α-hetero) is 1. The van der Waals surface area contributed by atoms with Crippen molar-refractivity contribution in [3.05, 3.63) is 15.9 Å². The summed E-state index contributed by atoms with van der Waals surface area (Å²) in [7, 11) is 1.84. The summed E-state index contributed by atoms with van der Waals surface area (Å²) in [6.07, 6.45) is 2.47. The number of nitriles is 1. The lowest BCUT2D eigenvalue weighted by atomic mass is 9.82. The summed E-state index contributed by atoms with van der Waals surface area (Å²) in [5, 5.41) is 13.6. The van der Waals surface area contributed by atoms with Crippen molar-refractivity contribution in [1.29, 1.82) is 5.26 Å². The minimum absolute atomic E-state index is 0.0748. The van der Waals surface area contributed by atoms with Crippen LogP contribution in [0, 0.1) is 23.7 Å². The minimum Gasteiger partial charge on any atom is -0.298 e. The number of aromatic nitrogens is 2. The van der Waals surface area contributed by atoms with Crippen LogP contribution in [0.1, 0.15) is 30.7 Å². The van der Waals surface area contributed by atoms with Crippen molar-refractivity contribution >= 4 is 21.7 Å². The van der Waals surface area contributed by atoms with Crippen LogP contribution in [-0.4, -0.2) is 15.6 Å². The molecule has 1 heterocycles. The molecule has 1 atom stereocenters. The number of hydrogen-bond acceptors (Lipinski definition) is 3. The van der Waals surface area contributed by atoms with Gasteiger partial charge in [-0.05, 0) is 35.7 Å². The molecule has 0 aromatic carbocycles. The molecule has 1 aliphatic carbocycles. The van der Waals surface area contributed by atoms with Gasteiger partial charge < -0.3 is 0 Å². The van der Waals surface area contributed by atoms with Gasteiger partial charge >= 0.3 is 0 Å². The number of hydrogen-bond donors (Lipinski definition) is 0. The lowest BCUT2D eigenvalue weighted by Crippen LogP contribution is -2.27. The Morgan fingerprint density at radius 2 is 2.35 bits per heavy atom. The molecule has 0 amide bonds. The van der Waals surface area contributed by atoms with E-state index in [1.54, 1.807) is 4.68 Å². The van der Waals surface area contributed by atoms with Crippen molar-refractivity contribution in [2.45, 2.75) is 32.6 Å². The Labute approximate surface area is 109 Å². The van der Waals surface area contributed by atoms with Crippen LogP contribution >= 0.6 is 15.9 Å². The first-order chi connectivity index (χ1) is 8.00. The van der Waals surface area contributed by atoms with E-state index in [0.29, 0.717) is 19.3 Å². The highest BCUT2D eigenvalue weighted by molar-refractivity contribution is 9.10. The molecule has 1 aromatic heterocycles. The number of ketones is 1. The quantitative estimate of drug-likeness (QED) is 0.841. The standard InChI is InChI=1S/C12H14BrN3O/c1-8-11(13)9(16(2)15-8)6-12(7-14)5-3-4-10(12)17/h3-6H2,1-2H3. The molecule has 1 saturated carbocycles. The maximum absolute atomic E-state index is 11.9. The molecule has 1 fully saturated rings. The number of nitrogens with zero attached hydrogens (tertiary/aromatic N) is 3. The zero-order valence-electron chi connectivity index (χ0n) is 9.96. The highest BCUT2D eigenvalue weighted by atomic mass is 79.9. The molecule has 0 aliphatic heterocycles. The van der Waals surface area contributed by atoms with E-state index in [0.717, 1.165) is 22.3 Å². The second-order valence-electron chi connectivity index (χ2n) is 4.62. The molecule has 5 heteroatoms. The molecule has 1 aliphatic rings. The third-order valence-electron chi connectivity index (χ3n) is 3.49. The third kappa shape index (κ3) is 1.91. The van der Waals surface area contributed by atoms with Gasteiger partial charge in [-0.25, -0.2) is 0 Å². The average Bonchev–Trinajstić information content (AvgIpc) is 2.76. The Morgan fingerprint density at radius 1 is 1.65 bits per heavy atom. The molecular formula is C12H14BrN3O. The summed E-state index contributed by atoms with van der Waals surface area (Å²) in [4.78, 5) is 11.9. The van der Waals surface area contributed by atoms with Crippen LogP contribution in [0.5, 0.6) is 0 Å². The fraction of sp³-hybridized carbons (Fsp3) is 0.583. The molecular weight excluding hydrogens is 282 g/mol. The summed E-state index contributed by atoms with van der Waals surface area (Å²) < 4.78 is 2.67. The van der Waals surface area contributed by atoms with Crippen LogP contribution in [0.2, 0.25) is 0 Å². The molecule has 90 valence electrons. The molecule has 0 N–H and O–H groups in total. The van der Waals surface area contributed by atoms with E-state index in [4.69, 9.17) is 0 Å². The lowest BCUT2D eigenvalue weighted by molar-refractivity contribution is -0.123. The fourth-order valence-corrected chi connectivity index (χ4v) is 2.91. The normalized spacial score (nSPS) is 24.0. The maximum Gasteiger partial charge on any atom is 0.153 e. The topological polar surface area (TPSA) is 58.7 Å². The predicted molar refractivity (Wildman–Crippen MR) is 66.3 cm³/mol. The number of rotatable bonds is 2. The van der Waals surface area contributed by atoms with Crippen LogP contribution in [0.25, 0.3) is 0 Å². The Hall–Kier alpha value is -1.15. The van der Waals surface area contributed by atoms with E-state index >= 15 is 0 Å². The molecule has 1 unspecified atom stereocenters. The lowest BCUT2D eigenvalue weighted by Gasteiger charge is -2.18. The summed E-state index contributed by atoms with van der Waals surface area (Å²) in [6, 6.07) is 2.23. The van der Waals surface area contributed by atoms with E-state index in [9.17, 15) is 10.1 Å². The number of aryl methyl sites for hydroxylation is 2. The SMILES string of the molecule is Cc1nn(C)c(CC2(C#N)CCCC2=O)c1Br. The van der Waals surface area contributed by atoms with Crippen molar-refractivity contribution in [3.63, 3.8) is 0 Å². The van der Waals surface area contributed by atoms with Gasteiger partial charge in [0.2, 0.25) is 0 Å². The van der Waals surface area contributed by atoms with Gasteiger partial charge in [0.25, 0.3) is 0 Å². The molecule has 4 nitrogen and oxygen atoms in total. The van der Waals surface area contributed by atoms with Crippen molar-refractivity contribution in [1.82, 2.24) is 9.78 Å². The van der Waals surface area contributed by atoms with Crippen LogP contribution in [-0.2, 0) is 18.3 Å². The largest absolute Gasteiger partial charge is 0.298 e. The van der Waals surface area contributed by atoms with Crippen LogP contribution in [0.15, 0.2) is 4.47 Å². The van der Waals surface area contributed by atoms with E-state index in [1.165, 1.54) is 0 Å². The molecule has 0 radical (unpaired) electrons. The molecule has 1 aromatic rings. The predicted octanol–water partition coefficient (Wildman–Crippen LogP) is 2.30. The van der Waals surface area contributed by atoms with Gasteiger partial charge in [-0.3, -0.25) is 9.48 Å². The molecule has 0 saturated heterocycles. The first-order valence-corrected chi connectivity index (χ1v) is 6.42. The highest BCUT2D eigenvalue weighted by Crippen LogP contribution is 2.39. The summed E-state index contributed by atoms with van der Waals surface area (Å²) in [5.74, 6) is 0.0748. The van der Waals surface area contributed by atoms with Crippen LogP contribution < -0.4 is 0 Å². The Kier molecular flexibility index (Phi) is 3.09. The van der Waals surface area contributed by atoms with Gasteiger partial charge in [0.15, 0.2) is 5.78 Å². The fourth-order valence-electron chi connectivity index (χ4n) is 2.43. The van der Waals surface area contributed by atoms with Gasteiger partial charge in [-0.1, -0.05) is 0 Å². The van der Waals surface area contributed by atoms with Gasteiger partial charge in [0.1, 0.15) is 5.41 Å². The van der Waals surface area contributed by atoms with E-state index in [-0.39, 0.29) is 5.78 Å².